The molecule has 0 bridgehead atoms. The monoisotopic (exact) mass is 367 g/mol. The highest BCUT2D eigenvalue weighted by Gasteiger charge is 2.26. The van der Waals surface area contributed by atoms with Crippen molar-refractivity contribution in [2.75, 3.05) is 13.1 Å². The minimum absolute atomic E-state index is 0.299. The molecule has 27 heavy (non-hydrogen) atoms. The van der Waals surface area contributed by atoms with E-state index in [0.29, 0.717) is 18.0 Å². The van der Waals surface area contributed by atoms with Crippen LogP contribution in [0.25, 0.3) is 11.1 Å². The van der Waals surface area contributed by atoms with Gasteiger partial charge in [0.25, 0.3) is 0 Å². The Balaban J connectivity index is 1.54. The molecule has 1 aromatic heterocycles. The van der Waals surface area contributed by atoms with Crippen LogP contribution in [-0.4, -0.2) is 28.2 Å². The predicted octanol–water partition coefficient (Wildman–Crippen LogP) is 5.04. The van der Waals surface area contributed by atoms with E-state index >= 15 is 0 Å². The van der Waals surface area contributed by atoms with Gasteiger partial charge in [0, 0.05) is 35.8 Å². The molecule has 140 valence electrons. The topological polar surface area (TPSA) is 31.9 Å². The third kappa shape index (κ3) is 3.78. The molecule has 1 atom stereocenters. The average Bonchev–Trinajstić information content (AvgIpc) is 3.16. The van der Waals surface area contributed by atoms with Crippen LogP contribution < -0.4 is 0 Å². The second-order valence-corrected chi connectivity index (χ2v) is 7.35. The van der Waals surface area contributed by atoms with Crippen LogP contribution in [0.1, 0.15) is 35.6 Å². The van der Waals surface area contributed by atoms with E-state index in [9.17, 15) is 8.78 Å². The lowest BCUT2D eigenvalue weighted by Gasteiger charge is -2.32. The molecule has 1 aliphatic rings. The van der Waals surface area contributed by atoms with Crippen molar-refractivity contribution in [1.29, 1.82) is 0 Å². The smallest absolute Gasteiger partial charge is 0.163 e. The number of hydrogen-bond acceptors (Lipinski definition) is 2. The first-order valence-corrected chi connectivity index (χ1v) is 9.37. The molecule has 0 unspecified atom stereocenters. The maximum atomic E-state index is 14.0. The van der Waals surface area contributed by atoms with Crippen LogP contribution in [0.3, 0.4) is 0 Å². The third-order valence-electron chi connectivity index (χ3n) is 5.34. The largest absolute Gasteiger partial charge is 0.298 e. The van der Waals surface area contributed by atoms with Gasteiger partial charge in [0.2, 0.25) is 0 Å². The molecular weight excluding hydrogens is 344 g/mol. The summed E-state index contributed by atoms with van der Waals surface area (Å²) in [5, 5.41) is 7.47. The van der Waals surface area contributed by atoms with Gasteiger partial charge in [-0.2, -0.15) is 5.10 Å². The van der Waals surface area contributed by atoms with E-state index in [1.165, 1.54) is 5.56 Å². The summed E-state index contributed by atoms with van der Waals surface area (Å²) >= 11 is 0. The molecule has 0 radical (unpaired) electrons. The number of H-pyrrole nitrogens is 1. The highest BCUT2D eigenvalue weighted by atomic mass is 19.2. The lowest BCUT2D eigenvalue weighted by atomic mass is 9.90. The van der Waals surface area contributed by atoms with Gasteiger partial charge in [-0.15, -0.1) is 0 Å². The second kappa shape index (κ2) is 7.61. The van der Waals surface area contributed by atoms with E-state index in [-0.39, 0.29) is 0 Å². The standard InChI is InChI=1S/C22H23F2N3/c1-15-5-2-6-16(11-15)19-12-25-26-22(19)18-8-4-10-27(14-18)13-17-7-3-9-20(23)21(17)24/h2-3,5-7,9,11-12,18H,4,8,10,13-14H2,1H3,(H,25,26)/t18-/m1/s1. The number of likely N-dealkylation sites (tertiary alicyclic amines) is 1. The van der Waals surface area contributed by atoms with Gasteiger partial charge in [-0.3, -0.25) is 10.00 Å². The Bertz CT molecular complexity index is 935. The average molecular weight is 367 g/mol. The molecule has 1 aliphatic heterocycles. The fourth-order valence-electron chi connectivity index (χ4n) is 4.00. The number of aromatic amines is 1. The Kier molecular flexibility index (Phi) is 5.03. The first-order valence-electron chi connectivity index (χ1n) is 9.37. The van der Waals surface area contributed by atoms with E-state index in [1.807, 2.05) is 6.20 Å². The Morgan fingerprint density at radius 1 is 1.19 bits per heavy atom. The van der Waals surface area contributed by atoms with E-state index in [1.54, 1.807) is 12.1 Å². The molecular formula is C22H23F2N3. The number of aryl methyl sites for hydroxylation is 1. The van der Waals surface area contributed by atoms with Crippen molar-refractivity contribution in [3.8, 4) is 11.1 Å². The van der Waals surface area contributed by atoms with Gasteiger partial charge in [0.15, 0.2) is 11.6 Å². The van der Waals surface area contributed by atoms with E-state index in [4.69, 9.17) is 0 Å². The number of nitrogens with one attached hydrogen (secondary N) is 1. The fraction of sp³-hybridized carbons (Fsp3) is 0.318. The maximum absolute atomic E-state index is 14.0. The van der Waals surface area contributed by atoms with E-state index in [2.05, 4.69) is 46.3 Å². The summed E-state index contributed by atoms with van der Waals surface area (Å²) in [4.78, 5) is 2.20. The van der Waals surface area contributed by atoms with Gasteiger partial charge in [-0.25, -0.2) is 8.78 Å². The number of piperidine rings is 1. The molecule has 2 heterocycles. The number of aromatic nitrogens is 2. The summed E-state index contributed by atoms with van der Waals surface area (Å²) in [6.07, 6.45) is 3.96. The van der Waals surface area contributed by atoms with Crippen LogP contribution in [0.15, 0.2) is 48.7 Å². The minimum atomic E-state index is -0.781. The molecule has 1 N–H and O–H groups in total. The van der Waals surface area contributed by atoms with Crippen LogP contribution in [0.2, 0.25) is 0 Å². The molecule has 3 aromatic rings. The number of hydrogen-bond donors (Lipinski definition) is 1. The van der Waals surface area contributed by atoms with Gasteiger partial charge in [-0.1, -0.05) is 42.0 Å². The lowest BCUT2D eigenvalue weighted by molar-refractivity contribution is 0.196. The number of benzene rings is 2. The molecule has 1 fully saturated rings. The van der Waals surface area contributed by atoms with Crippen molar-refractivity contribution < 1.29 is 8.78 Å². The molecule has 1 saturated heterocycles. The van der Waals surface area contributed by atoms with Crippen LogP contribution in [-0.2, 0) is 6.54 Å². The number of nitrogens with zero attached hydrogens (tertiary/aromatic N) is 2. The van der Waals surface area contributed by atoms with Crippen molar-refractivity contribution in [2.45, 2.75) is 32.2 Å². The molecule has 0 aliphatic carbocycles. The van der Waals surface area contributed by atoms with E-state index in [0.717, 1.165) is 48.8 Å². The highest BCUT2D eigenvalue weighted by Crippen LogP contribution is 2.33. The Hall–Kier alpha value is -2.53. The zero-order valence-electron chi connectivity index (χ0n) is 15.4. The van der Waals surface area contributed by atoms with Crippen molar-refractivity contribution in [3.63, 3.8) is 0 Å². The molecule has 0 saturated carbocycles. The molecule has 0 amide bonds. The maximum Gasteiger partial charge on any atom is 0.163 e. The first kappa shape index (κ1) is 17.9. The van der Waals surface area contributed by atoms with Crippen molar-refractivity contribution >= 4 is 0 Å². The molecule has 2 aromatic carbocycles. The van der Waals surface area contributed by atoms with Gasteiger partial charge in [-0.05, 0) is 37.9 Å². The third-order valence-corrected chi connectivity index (χ3v) is 5.34. The van der Waals surface area contributed by atoms with Gasteiger partial charge < -0.3 is 0 Å². The zero-order chi connectivity index (χ0) is 18.8. The van der Waals surface area contributed by atoms with Gasteiger partial charge in [0.05, 0.1) is 6.20 Å². The van der Waals surface area contributed by atoms with Crippen LogP contribution in [0.5, 0.6) is 0 Å². The Morgan fingerprint density at radius 3 is 2.89 bits per heavy atom. The van der Waals surface area contributed by atoms with Crippen LogP contribution in [0, 0.1) is 18.6 Å². The summed E-state index contributed by atoms with van der Waals surface area (Å²) in [6, 6.07) is 12.8. The molecule has 4 rings (SSSR count). The Morgan fingerprint density at radius 2 is 2.04 bits per heavy atom. The highest BCUT2D eigenvalue weighted by molar-refractivity contribution is 5.66. The number of halogens is 2. The Labute approximate surface area is 158 Å². The summed E-state index contributed by atoms with van der Waals surface area (Å²) in [6.45, 7) is 4.20. The normalized spacial score (nSPS) is 18.0. The first-order chi connectivity index (χ1) is 13.1. The van der Waals surface area contributed by atoms with Crippen LogP contribution in [0.4, 0.5) is 8.78 Å². The minimum Gasteiger partial charge on any atom is -0.298 e. The quantitative estimate of drug-likeness (QED) is 0.700. The van der Waals surface area contributed by atoms with Gasteiger partial charge in [0.1, 0.15) is 0 Å². The van der Waals surface area contributed by atoms with Crippen molar-refractivity contribution in [1.82, 2.24) is 15.1 Å². The molecule has 3 nitrogen and oxygen atoms in total. The van der Waals surface area contributed by atoms with E-state index < -0.39 is 11.6 Å². The summed E-state index contributed by atoms with van der Waals surface area (Å²) in [5.41, 5.74) is 5.05. The second-order valence-electron chi connectivity index (χ2n) is 7.35. The zero-order valence-corrected chi connectivity index (χ0v) is 15.4. The van der Waals surface area contributed by atoms with Crippen LogP contribution >= 0.6 is 0 Å². The summed E-state index contributed by atoms with van der Waals surface area (Å²) in [5.74, 6) is -1.22. The van der Waals surface area contributed by atoms with Crippen molar-refractivity contribution in [3.05, 3.63) is 77.1 Å². The summed E-state index contributed by atoms with van der Waals surface area (Å²) < 4.78 is 27.5. The number of rotatable bonds is 4. The van der Waals surface area contributed by atoms with Gasteiger partial charge >= 0.3 is 0 Å². The molecule has 5 heteroatoms. The van der Waals surface area contributed by atoms with Crippen molar-refractivity contribution in [2.24, 2.45) is 0 Å². The predicted molar refractivity (Wildman–Crippen MR) is 102 cm³/mol. The summed E-state index contributed by atoms with van der Waals surface area (Å²) in [7, 11) is 0. The lowest BCUT2D eigenvalue weighted by Crippen LogP contribution is -2.34. The molecule has 0 spiro atoms. The SMILES string of the molecule is Cc1cccc(-c2cn[nH]c2[C@@H]2CCCN(Cc3cccc(F)c3F)C2)c1. The fourth-order valence-corrected chi connectivity index (χ4v) is 4.00.